The van der Waals surface area contributed by atoms with Gasteiger partial charge in [-0.2, -0.15) is 13.5 Å². The van der Waals surface area contributed by atoms with Gasteiger partial charge >= 0.3 is 0 Å². The Morgan fingerprint density at radius 1 is 1.00 bits per heavy atom. The summed E-state index contributed by atoms with van der Waals surface area (Å²) in [6.45, 7) is 0. The lowest BCUT2D eigenvalue weighted by molar-refractivity contribution is -0.00716. The molecule has 0 aliphatic heterocycles. The van der Waals surface area contributed by atoms with Gasteiger partial charge in [0.15, 0.2) is 0 Å². The number of anilines is 1. The van der Waals surface area contributed by atoms with Crippen LogP contribution >= 0.6 is 0 Å². The zero-order valence-electron chi connectivity index (χ0n) is 17.6. The molecule has 4 rings (SSSR count). The molecule has 0 atom stereocenters. The van der Waals surface area contributed by atoms with Crippen molar-refractivity contribution in [3.63, 3.8) is 0 Å². The molecule has 176 valence electrons. The summed E-state index contributed by atoms with van der Waals surface area (Å²) in [5, 5.41) is 12.6. The van der Waals surface area contributed by atoms with Gasteiger partial charge in [-0.25, -0.2) is 23.4 Å². The maximum Gasteiger partial charge on any atom is 0.296 e. The number of aromatic amines is 1. The lowest BCUT2D eigenvalue weighted by Gasteiger charge is -2.20. The van der Waals surface area contributed by atoms with E-state index in [1.54, 1.807) is 24.3 Å². The molecule has 3 aromatic carbocycles. The number of H-pyrrole nitrogens is 1. The van der Waals surface area contributed by atoms with E-state index in [9.17, 15) is 17.6 Å². The van der Waals surface area contributed by atoms with Crippen LogP contribution in [0, 0.1) is 5.82 Å². The molecule has 0 fully saturated rings. The van der Waals surface area contributed by atoms with Gasteiger partial charge in [0, 0.05) is 18.2 Å². The van der Waals surface area contributed by atoms with Crippen molar-refractivity contribution in [3.05, 3.63) is 105 Å². The number of benzene rings is 3. The number of hydrogen-bond acceptors (Lipinski definition) is 4. The van der Waals surface area contributed by atoms with Crippen LogP contribution in [0.5, 0.6) is 0 Å². The summed E-state index contributed by atoms with van der Waals surface area (Å²) in [6, 6.07) is 15.5. The number of aromatic nitrogens is 2. The van der Waals surface area contributed by atoms with Crippen molar-refractivity contribution in [2.24, 2.45) is 5.14 Å². The lowest BCUT2D eigenvalue weighted by atomic mass is 9.95. The summed E-state index contributed by atoms with van der Waals surface area (Å²) < 4.78 is 69.3. The highest BCUT2D eigenvalue weighted by atomic mass is 32.2. The van der Waals surface area contributed by atoms with Gasteiger partial charge in [-0.3, -0.25) is 9.52 Å². The second-order valence-electron chi connectivity index (χ2n) is 7.72. The minimum Gasteiger partial charge on any atom is -0.271 e. The number of rotatable bonds is 7. The highest BCUT2D eigenvalue weighted by molar-refractivity contribution is 7.90. The first kappa shape index (κ1) is 23.5. The van der Waals surface area contributed by atoms with Crippen molar-refractivity contribution in [2.75, 3.05) is 4.72 Å². The fourth-order valence-electron chi connectivity index (χ4n) is 3.75. The van der Waals surface area contributed by atoms with Gasteiger partial charge in [-0.15, -0.1) is 0 Å². The number of halogens is 3. The number of alkyl halides is 2. The van der Waals surface area contributed by atoms with Gasteiger partial charge in [0.2, 0.25) is 0 Å². The van der Waals surface area contributed by atoms with E-state index in [1.807, 2.05) is 4.72 Å². The number of hydrogen-bond donors (Lipinski definition) is 3. The van der Waals surface area contributed by atoms with Gasteiger partial charge in [-0.05, 0) is 29.3 Å². The fraction of sp³-hybridized carbons (Fsp3) is 0.130. The van der Waals surface area contributed by atoms with Crippen molar-refractivity contribution >= 4 is 26.7 Å². The van der Waals surface area contributed by atoms with E-state index < -0.39 is 33.9 Å². The minimum absolute atomic E-state index is 0.0893. The molecule has 0 aliphatic rings. The highest BCUT2D eigenvalue weighted by Gasteiger charge is 2.35. The number of nitrogens with one attached hydrogen (secondary N) is 2. The zero-order valence-corrected chi connectivity index (χ0v) is 18.4. The summed E-state index contributed by atoms with van der Waals surface area (Å²) in [6.07, 6.45) is -0.829. The smallest absolute Gasteiger partial charge is 0.271 e. The molecule has 1 heterocycles. The second kappa shape index (κ2) is 8.92. The maximum atomic E-state index is 15.0. The highest BCUT2D eigenvalue weighted by Crippen LogP contribution is 2.36. The van der Waals surface area contributed by atoms with Gasteiger partial charge in [-0.1, -0.05) is 48.5 Å². The summed E-state index contributed by atoms with van der Waals surface area (Å²) in [5.41, 5.74) is -0.402. The van der Waals surface area contributed by atoms with Crippen LogP contribution in [0.3, 0.4) is 0 Å². The Morgan fingerprint density at radius 3 is 2.38 bits per heavy atom. The van der Waals surface area contributed by atoms with E-state index in [1.165, 1.54) is 30.3 Å². The molecule has 0 saturated carbocycles. The molecule has 11 heteroatoms. The van der Waals surface area contributed by atoms with Crippen LogP contribution in [0.2, 0.25) is 0 Å². The summed E-state index contributed by atoms with van der Waals surface area (Å²) in [4.78, 5) is 12.0. The third-order valence-corrected chi connectivity index (χ3v) is 5.75. The molecule has 4 aromatic rings. The first-order chi connectivity index (χ1) is 16.0. The molecule has 0 unspecified atom stereocenters. The van der Waals surface area contributed by atoms with Crippen molar-refractivity contribution < 1.29 is 21.6 Å². The molecule has 0 bridgehead atoms. The topological polar surface area (TPSA) is 118 Å². The lowest BCUT2D eigenvalue weighted by Crippen LogP contribution is -2.24. The average molecular weight is 488 g/mol. The van der Waals surface area contributed by atoms with Crippen LogP contribution < -0.4 is 15.4 Å². The summed E-state index contributed by atoms with van der Waals surface area (Å²) >= 11 is 0. The molecular weight excluding hydrogens is 469 g/mol. The Morgan fingerprint density at radius 2 is 1.68 bits per heavy atom. The second-order valence-corrected chi connectivity index (χ2v) is 9.02. The zero-order chi connectivity index (χ0) is 24.5. The largest absolute Gasteiger partial charge is 0.296 e. The SMILES string of the molecule is NS(=O)(=O)Nc1ccc(Cc2n[nH]c(=O)c3ccccc23)cc1CC(F)(F)c1ccccc1F. The Labute approximate surface area is 192 Å². The third kappa shape index (κ3) is 5.10. The van der Waals surface area contributed by atoms with Crippen LogP contribution in [-0.4, -0.2) is 18.6 Å². The van der Waals surface area contributed by atoms with Crippen LogP contribution in [-0.2, 0) is 29.0 Å². The van der Waals surface area contributed by atoms with Gasteiger partial charge < -0.3 is 0 Å². The normalized spacial score (nSPS) is 12.1. The van der Waals surface area contributed by atoms with Crippen LogP contribution in [0.25, 0.3) is 10.8 Å². The van der Waals surface area contributed by atoms with Gasteiger partial charge in [0.25, 0.3) is 21.7 Å². The Balaban J connectivity index is 1.76. The molecule has 0 spiro atoms. The van der Waals surface area contributed by atoms with Crippen molar-refractivity contribution in [1.29, 1.82) is 0 Å². The van der Waals surface area contributed by atoms with Crippen molar-refractivity contribution in [2.45, 2.75) is 18.8 Å². The standard InChI is InChI=1S/C23H19F3N4O3S/c24-19-8-4-3-7-18(19)23(25,26)13-15-11-14(9-10-20(15)30-34(27,32)33)12-21-16-5-1-2-6-17(16)22(31)29-28-21/h1-11,30H,12-13H2,(H,29,31)(H2,27,32,33). The molecule has 1 aromatic heterocycles. The molecule has 4 N–H and O–H groups in total. The quantitative estimate of drug-likeness (QED) is 0.368. The molecule has 0 amide bonds. The van der Waals surface area contributed by atoms with Crippen molar-refractivity contribution in [1.82, 2.24) is 10.2 Å². The van der Waals surface area contributed by atoms with E-state index in [2.05, 4.69) is 10.2 Å². The average Bonchev–Trinajstić information content (AvgIpc) is 2.77. The Bertz CT molecular complexity index is 1540. The number of nitrogens with two attached hydrogens (primary N) is 1. The Kier molecular flexibility index (Phi) is 6.15. The number of fused-ring (bicyclic) bond motifs is 1. The summed E-state index contributed by atoms with van der Waals surface area (Å²) in [5.74, 6) is -4.71. The molecule has 34 heavy (non-hydrogen) atoms. The Hall–Kier alpha value is -3.70. The van der Waals surface area contributed by atoms with E-state index in [0.717, 1.165) is 12.1 Å². The predicted molar refractivity (Wildman–Crippen MR) is 122 cm³/mol. The van der Waals surface area contributed by atoms with E-state index in [4.69, 9.17) is 5.14 Å². The molecule has 0 aliphatic carbocycles. The van der Waals surface area contributed by atoms with E-state index >= 15 is 8.78 Å². The summed E-state index contributed by atoms with van der Waals surface area (Å²) in [7, 11) is -4.25. The van der Waals surface area contributed by atoms with Crippen LogP contribution in [0.4, 0.5) is 18.9 Å². The van der Waals surface area contributed by atoms with Crippen LogP contribution in [0.15, 0.2) is 71.5 Å². The third-order valence-electron chi connectivity index (χ3n) is 5.25. The van der Waals surface area contributed by atoms with E-state index in [-0.39, 0.29) is 23.2 Å². The van der Waals surface area contributed by atoms with Crippen LogP contribution in [0.1, 0.15) is 22.4 Å². The minimum atomic E-state index is -4.25. The molecule has 0 radical (unpaired) electrons. The molecule has 7 nitrogen and oxygen atoms in total. The monoisotopic (exact) mass is 488 g/mol. The molecule has 0 saturated heterocycles. The van der Waals surface area contributed by atoms with Gasteiger partial charge in [0.05, 0.1) is 22.3 Å². The molecular formula is C23H19F3N4O3S. The predicted octanol–water partition coefficient (Wildman–Crippen LogP) is 3.60. The van der Waals surface area contributed by atoms with Gasteiger partial charge in [0.1, 0.15) is 5.82 Å². The maximum absolute atomic E-state index is 15.0. The van der Waals surface area contributed by atoms with E-state index in [0.29, 0.717) is 22.0 Å². The fourth-order valence-corrected chi connectivity index (χ4v) is 4.25. The number of nitrogens with zero attached hydrogens (tertiary/aromatic N) is 1. The first-order valence-corrected chi connectivity index (χ1v) is 11.6. The van der Waals surface area contributed by atoms with Crippen molar-refractivity contribution in [3.8, 4) is 0 Å². The first-order valence-electron chi connectivity index (χ1n) is 10.0.